The van der Waals surface area contributed by atoms with E-state index >= 15 is 0 Å². The highest BCUT2D eigenvalue weighted by Crippen LogP contribution is 2.25. The van der Waals surface area contributed by atoms with Gasteiger partial charge in [0, 0.05) is 33.6 Å². The number of halogens is 2. The minimum Gasteiger partial charge on any atom is -0.494 e. The Labute approximate surface area is 406 Å². The maximum absolute atomic E-state index is 13.4. The van der Waals surface area contributed by atoms with Crippen molar-refractivity contribution in [1.29, 1.82) is 0 Å². The summed E-state index contributed by atoms with van der Waals surface area (Å²) in [6, 6.07) is 20.7. The highest BCUT2D eigenvalue weighted by Gasteiger charge is 2.20. The SMILES string of the molecule is Cc1ccc(C(=O)Nc2ccc(OCCCc3c(N)nc(N)nc3N)cc2)cc1S(=O)(=O)F.Cc1ccc(C(=O)Nc2ccc(OCCCc3c(N)nc(N)nc3N)cc2)cc1S(=O)(=O)F.O=S(=O)(O)O. The van der Waals surface area contributed by atoms with Crippen molar-refractivity contribution in [3.8, 4) is 11.5 Å². The lowest BCUT2D eigenvalue weighted by Crippen LogP contribution is -2.13. The molecule has 0 aliphatic carbocycles. The van der Waals surface area contributed by atoms with Crippen molar-refractivity contribution in [1.82, 2.24) is 19.9 Å². The summed E-state index contributed by atoms with van der Waals surface area (Å²) in [6.07, 6.45) is 2.24. The minimum absolute atomic E-state index is 0.0161. The molecule has 6 rings (SSSR count). The van der Waals surface area contributed by atoms with Gasteiger partial charge in [-0.1, -0.05) is 12.1 Å². The number of benzene rings is 4. The molecular weight excluding hydrogens is 999 g/mol. The van der Waals surface area contributed by atoms with Crippen LogP contribution in [0.5, 0.6) is 11.5 Å². The Balaban J connectivity index is 0.000000282. The van der Waals surface area contributed by atoms with E-state index < -0.39 is 52.5 Å². The molecule has 24 nitrogen and oxygen atoms in total. The highest BCUT2D eigenvalue weighted by molar-refractivity contribution is 7.86. The summed E-state index contributed by atoms with van der Waals surface area (Å²) >= 11 is 0. The molecule has 0 unspecified atom stereocenters. The number of hydrogen-bond acceptors (Lipinski definition) is 20. The molecule has 6 aromatic rings. The molecule has 4 aromatic carbocycles. The lowest BCUT2D eigenvalue weighted by molar-refractivity contribution is 0.101. The van der Waals surface area contributed by atoms with E-state index in [1.54, 1.807) is 48.5 Å². The lowest BCUT2D eigenvalue weighted by Gasteiger charge is -2.11. The summed E-state index contributed by atoms with van der Waals surface area (Å²) in [5.41, 5.74) is 36.8. The first-order chi connectivity index (χ1) is 33.1. The Kier molecular flexibility index (Phi) is 18.8. The Bertz CT molecular complexity index is 2980. The number of nitrogens with one attached hydrogen (secondary N) is 2. The van der Waals surface area contributed by atoms with Crippen LogP contribution < -0.4 is 54.5 Å². The Hall–Kier alpha value is -7.99. The van der Waals surface area contributed by atoms with E-state index in [0.717, 1.165) is 12.1 Å². The third-order valence-electron chi connectivity index (χ3n) is 9.51. The van der Waals surface area contributed by atoms with Crippen LogP contribution in [0.3, 0.4) is 0 Å². The number of ether oxygens (including phenoxy) is 2. The van der Waals surface area contributed by atoms with E-state index in [2.05, 4.69) is 30.6 Å². The number of anilines is 8. The van der Waals surface area contributed by atoms with Crippen molar-refractivity contribution < 1.29 is 61.2 Å². The molecule has 0 aliphatic rings. The Morgan fingerprint density at radius 2 is 0.831 bits per heavy atom. The van der Waals surface area contributed by atoms with Crippen molar-refractivity contribution in [2.45, 2.75) is 49.3 Å². The van der Waals surface area contributed by atoms with Gasteiger partial charge in [0.05, 0.1) is 13.2 Å². The first kappa shape index (κ1) is 55.6. The van der Waals surface area contributed by atoms with Gasteiger partial charge >= 0.3 is 30.8 Å². The molecule has 2 amide bonds. The molecule has 0 aliphatic heterocycles. The zero-order valence-electron chi connectivity index (χ0n) is 37.5. The molecule has 2 aromatic heterocycles. The summed E-state index contributed by atoms with van der Waals surface area (Å²) in [7, 11) is -14.5. The Morgan fingerprint density at radius 3 is 1.11 bits per heavy atom. The van der Waals surface area contributed by atoms with E-state index in [4.69, 9.17) is 61.4 Å². The normalized spacial score (nSPS) is 11.2. The summed E-state index contributed by atoms with van der Waals surface area (Å²) in [6.45, 7) is 3.64. The summed E-state index contributed by atoms with van der Waals surface area (Å²) in [5.74, 6) is 1.00. The zero-order chi connectivity index (χ0) is 52.8. The monoisotopic (exact) mass is 1050 g/mol. The number of hydrogen-bond donors (Lipinski definition) is 10. The molecule has 2 heterocycles. The molecule has 71 heavy (non-hydrogen) atoms. The van der Waals surface area contributed by atoms with Crippen molar-refractivity contribution in [3.63, 3.8) is 0 Å². The average molecular weight is 1050 g/mol. The number of nitrogen functional groups attached to an aromatic ring is 6. The first-order valence-corrected chi connectivity index (χ1v) is 24.5. The fourth-order valence-corrected chi connectivity index (χ4v) is 7.59. The molecule has 0 radical (unpaired) electrons. The summed E-state index contributed by atoms with van der Waals surface area (Å²) in [5, 5.41) is 5.25. The number of aromatic nitrogens is 4. The van der Waals surface area contributed by atoms with Crippen LogP contribution in [-0.4, -0.2) is 79.3 Å². The number of nitrogens with two attached hydrogens (primary N) is 6. The minimum atomic E-state index is -4.93. The average Bonchev–Trinajstić information content (AvgIpc) is 3.25. The van der Waals surface area contributed by atoms with Crippen molar-refractivity contribution in [3.05, 3.63) is 118 Å². The maximum Gasteiger partial charge on any atom is 0.394 e. The van der Waals surface area contributed by atoms with Crippen molar-refractivity contribution in [2.75, 3.05) is 58.2 Å². The molecule has 380 valence electrons. The molecule has 16 N–H and O–H groups in total. The third-order valence-corrected chi connectivity index (χ3v) is 11.4. The number of aryl methyl sites for hydroxylation is 2. The van der Waals surface area contributed by atoms with Gasteiger partial charge in [0.2, 0.25) is 11.9 Å². The van der Waals surface area contributed by atoms with Crippen LogP contribution in [0.2, 0.25) is 0 Å². The molecular formula is C42H48F2N12O12S3. The first-order valence-electron chi connectivity index (χ1n) is 20.3. The van der Waals surface area contributed by atoms with E-state index in [1.165, 1.54) is 38.1 Å². The van der Waals surface area contributed by atoms with Crippen LogP contribution in [0.4, 0.5) is 54.3 Å². The van der Waals surface area contributed by atoms with E-state index in [9.17, 15) is 34.2 Å². The largest absolute Gasteiger partial charge is 0.494 e. The standard InChI is InChI=1S/2C21H23FN6O4S.H2O4S/c2*1-12-4-5-13(11-17(12)33(22,30)31)20(29)26-14-6-8-15(9-7-14)32-10-2-3-16-18(23)27-21(25)28-19(16)24;1-5(2,3)4/h2*4-9,11H,2-3,10H2,1H3,(H,26,29)(H6,23,24,25,27,28);(H2,1,2,3,4). The number of amides is 2. The van der Waals surface area contributed by atoms with E-state index in [1.807, 2.05) is 0 Å². The molecule has 29 heteroatoms. The Morgan fingerprint density at radius 1 is 0.535 bits per heavy atom. The number of carbonyl (C=O) groups is 2. The molecule has 0 saturated carbocycles. The predicted octanol–water partition coefficient (Wildman–Crippen LogP) is 4.25. The van der Waals surface area contributed by atoms with Crippen LogP contribution in [0.25, 0.3) is 0 Å². The smallest absolute Gasteiger partial charge is 0.394 e. The van der Waals surface area contributed by atoms with Gasteiger partial charge in [0.1, 0.15) is 44.6 Å². The topological polar surface area (TPSA) is 427 Å². The quantitative estimate of drug-likeness (QED) is 0.0368. The van der Waals surface area contributed by atoms with Gasteiger partial charge in [-0.25, -0.2) is 0 Å². The van der Waals surface area contributed by atoms with Gasteiger partial charge in [0.15, 0.2) is 0 Å². The fourth-order valence-electron chi connectivity index (χ4n) is 6.15. The van der Waals surface area contributed by atoms with Crippen LogP contribution in [0.15, 0.2) is 94.7 Å². The van der Waals surface area contributed by atoms with Crippen LogP contribution in [0, 0.1) is 13.8 Å². The highest BCUT2D eigenvalue weighted by atomic mass is 32.3. The number of rotatable bonds is 16. The van der Waals surface area contributed by atoms with Gasteiger partial charge in [-0.05, 0) is 123 Å². The second-order valence-electron chi connectivity index (χ2n) is 14.8. The van der Waals surface area contributed by atoms with Gasteiger partial charge in [0.25, 0.3) is 11.8 Å². The van der Waals surface area contributed by atoms with Crippen molar-refractivity contribution in [2.24, 2.45) is 0 Å². The van der Waals surface area contributed by atoms with Crippen molar-refractivity contribution >= 4 is 89.2 Å². The van der Waals surface area contributed by atoms with E-state index in [0.29, 0.717) is 72.9 Å². The number of nitrogens with zero attached hydrogens (tertiary/aromatic N) is 4. The van der Waals surface area contributed by atoms with Crippen LogP contribution >= 0.6 is 0 Å². The summed E-state index contributed by atoms with van der Waals surface area (Å²) < 4.78 is 115. The molecule has 0 spiro atoms. The summed E-state index contributed by atoms with van der Waals surface area (Å²) in [4.78, 5) is 39.3. The second kappa shape index (κ2) is 24.0. The van der Waals surface area contributed by atoms with Gasteiger partial charge in [-0.2, -0.15) is 45.2 Å². The number of carbonyl (C=O) groups excluding carboxylic acids is 2. The molecule has 0 atom stereocenters. The molecule has 0 saturated heterocycles. The third kappa shape index (κ3) is 17.8. The lowest BCUT2D eigenvalue weighted by atomic mass is 10.1. The van der Waals surface area contributed by atoms with Crippen LogP contribution in [-0.2, 0) is 43.7 Å². The van der Waals surface area contributed by atoms with Gasteiger partial charge < -0.3 is 54.5 Å². The fraction of sp³-hybridized carbons (Fsp3) is 0.190. The predicted molar refractivity (Wildman–Crippen MR) is 260 cm³/mol. The second-order valence-corrected chi connectivity index (χ2v) is 18.3. The van der Waals surface area contributed by atoms with Gasteiger partial charge in [-0.15, -0.1) is 7.77 Å². The molecule has 0 fully saturated rings. The maximum atomic E-state index is 13.4. The zero-order valence-corrected chi connectivity index (χ0v) is 40.0. The van der Waals surface area contributed by atoms with Gasteiger partial charge in [-0.3, -0.25) is 18.7 Å². The molecule has 0 bridgehead atoms. The van der Waals surface area contributed by atoms with E-state index in [-0.39, 0.29) is 57.4 Å². The van der Waals surface area contributed by atoms with Crippen LogP contribution in [0.1, 0.15) is 55.8 Å².